The van der Waals surface area contributed by atoms with Crippen molar-refractivity contribution < 1.29 is 28.2 Å². The average molecular weight is 368 g/mol. The molecule has 1 fully saturated rings. The zero-order valence-electron chi connectivity index (χ0n) is 15.7. The SMILES string of the molecule is COC(=O)[C@H](Cc1cc(F)cnc1OC1CC1)N(C)C(=O)OC(C)(C)C. The van der Waals surface area contributed by atoms with Crippen molar-refractivity contribution >= 4 is 12.1 Å². The summed E-state index contributed by atoms with van der Waals surface area (Å²) in [5.41, 5.74) is -0.324. The molecule has 0 aromatic carbocycles. The number of rotatable bonds is 6. The van der Waals surface area contributed by atoms with Crippen molar-refractivity contribution in [3.63, 3.8) is 0 Å². The van der Waals surface area contributed by atoms with E-state index in [1.165, 1.54) is 20.2 Å². The Balaban J connectivity index is 2.23. The number of carbonyl (C=O) groups is 2. The molecule has 0 N–H and O–H groups in total. The molecule has 0 bridgehead atoms. The van der Waals surface area contributed by atoms with E-state index < -0.39 is 29.5 Å². The molecule has 1 aromatic rings. The molecule has 1 amide bonds. The van der Waals surface area contributed by atoms with Crippen molar-refractivity contribution in [2.45, 2.75) is 57.8 Å². The van der Waals surface area contributed by atoms with E-state index in [1.807, 2.05) is 0 Å². The molecule has 2 rings (SSSR count). The van der Waals surface area contributed by atoms with E-state index in [9.17, 15) is 14.0 Å². The van der Waals surface area contributed by atoms with Crippen molar-refractivity contribution in [2.75, 3.05) is 14.2 Å². The second-order valence-electron chi connectivity index (χ2n) is 7.27. The van der Waals surface area contributed by atoms with Gasteiger partial charge in [0.2, 0.25) is 5.88 Å². The van der Waals surface area contributed by atoms with Crippen LogP contribution in [0, 0.1) is 5.82 Å². The lowest BCUT2D eigenvalue weighted by atomic mass is 10.1. The molecule has 7 nitrogen and oxygen atoms in total. The number of ether oxygens (including phenoxy) is 3. The maximum Gasteiger partial charge on any atom is 0.410 e. The molecular formula is C18H25FN2O5. The van der Waals surface area contributed by atoms with Gasteiger partial charge in [-0.05, 0) is 39.7 Å². The van der Waals surface area contributed by atoms with E-state index in [-0.39, 0.29) is 18.4 Å². The van der Waals surface area contributed by atoms with Crippen molar-refractivity contribution in [1.82, 2.24) is 9.88 Å². The van der Waals surface area contributed by atoms with E-state index in [0.29, 0.717) is 5.56 Å². The molecule has 0 saturated heterocycles. The predicted octanol–water partition coefficient (Wildman–Crippen LogP) is 2.71. The summed E-state index contributed by atoms with van der Waals surface area (Å²) in [6.45, 7) is 5.18. The Morgan fingerprint density at radius 1 is 1.38 bits per heavy atom. The molecule has 0 aliphatic heterocycles. The van der Waals surface area contributed by atoms with Crippen LogP contribution in [0.4, 0.5) is 9.18 Å². The molecule has 144 valence electrons. The summed E-state index contributed by atoms with van der Waals surface area (Å²) in [6, 6.07) is 0.254. The van der Waals surface area contributed by atoms with Gasteiger partial charge >= 0.3 is 12.1 Å². The smallest absolute Gasteiger partial charge is 0.410 e. The highest BCUT2D eigenvalue weighted by Crippen LogP contribution is 2.29. The van der Waals surface area contributed by atoms with Gasteiger partial charge in [0.05, 0.1) is 13.3 Å². The van der Waals surface area contributed by atoms with E-state index >= 15 is 0 Å². The van der Waals surface area contributed by atoms with Crippen molar-refractivity contribution in [3.8, 4) is 5.88 Å². The van der Waals surface area contributed by atoms with Crippen molar-refractivity contribution in [3.05, 3.63) is 23.6 Å². The maximum absolute atomic E-state index is 13.7. The fraction of sp³-hybridized carbons (Fsp3) is 0.611. The number of likely N-dealkylation sites (N-methyl/N-ethyl adjacent to an activating group) is 1. The molecule has 0 unspecified atom stereocenters. The quantitative estimate of drug-likeness (QED) is 0.719. The van der Waals surface area contributed by atoms with Crippen LogP contribution in [-0.2, 0) is 20.7 Å². The number of hydrogen-bond donors (Lipinski definition) is 0. The Bertz CT molecular complexity index is 670. The van der Waals surface area contributed by atoms with Crippen LogP contribution < -0.4 is 4.74 Å². The summed E-state index contributed by atoms with van der Waals surface area (Å²) in [5.74, 6) is -0.924. The average Bonchev–Trinajstić information content (AvgIpc) is 3.36. The Hall–Kier alpha value is -2.38. The summed E-state index contributed by atoms with van der Waals surface area (Å²) in [5, 5.41) is 0. The van der Waals surface area contributed by atoms with E-state index in [0.717, 1.165) is 23.9 Å². The van der Waals surface area contributed by atoms with Crippen molar-refractivity contribution in [2.24, 2.45) is 0 Å². The van der Waals surface area contributed by atoms with Gasteiger partial charge in [-0.1, -0.05) is 0 Å². The molecule has 1 aliphatic carbocycles. The first-order valence-corrected chi connectivity index (χ1v) is 8.45. The molecule has 1 saturated carbocycles. The van der Waals surface area contributed by atoms with Crippen LogP contribution in [0.3, 0.4) is 0 Å². The van der Waals surface area contributed by atoms with E-state index in [1.54, 1.807) is 20.8 Å². The van der Waals surface area contributed by atoms with E-state index in [4.69, 9.17) is 14.2 Å². The Morgan fingerprint density at radius 3 is 2.58 bits per heavy atom. The van der Waals surface area contributed by atoms with Gasteiger partial charge in [-0.25, -0.2) is 19.0 Å². The van der Waals surface area contributed by atoms with Crippen LogP contribution >= 0.6 is 0 Å². The first kappa shape index (κ1) is 19.9. The molecule has 1 atom stereocenters. The van der Waals surface area contributed by atoms with Crippen LogP contribution in [-0.4, -0.2) is 53.9 Å². The number of esters is 1. The molecule has 8 heteroatoms. The maximum atomic E-state index is 13.7. The van der Waals surface area contributed by atoms with Gasteiger partial charge in [0.15, 0.2) is 0 Å². The molecule has 1 heterocycles. The van der Waals surface area contributed by atoms with Gasteiger partial charge in [0, 0.05) is 19.0 Å². The monoisotopic (exact) mass is 368 g/mol. The summed E-state index contributed by atoms with van der Waals surface area (Å²) in [4.78, 5) is 29.7. The van der Waals surface area contributed by atoms with E-state index in [2.05, 4.69) is 4.98 Å². The van der Waals surface area contributed by atoms with Crippen LogP contribution in [0.15, 0.2) is 12.3 Å². The molecule has 0 radical (unpaired) electrons. The highest BCUT2D eigenvalue weighted by atomic mass is 19.1. The molecule has 26 heavy (non-hydrogen) atoms. The number of halogens is 1. The second-order valence-corrected chi connectivity index (χ2v) is 7.27. The van der Waals surface area contributed by atoms with Crippen LogP contribution in [0.25, 0.3) is 0 Å². The largest absolute Gasteiger partial charge is 0.474 e. The van der Waals surface area contributed by atoms with Crippen molar-refractivity contribution in [1.29, 1.82) is 0 Å². The lowest BCUT2D eigenvalue weighted by Gasteiger charge is -2.29. The fourth-order valence-electron chi connectivity index (χ4n) is 2.25. The van der Waals surface area contributed by atoms with Gasteiger partial charge in [0.1, 0.15) is 23.6 Å². The number of nitrogens with zero attached hydrogens (tertiary/aromatic N) is 2. The van der Waals surface area contributed by atoms with Gasteiger partial charge in [-0.3, -0.25) is 4.90 Å². The minimum Gasteiger partial charge on any atom is -0.474 e. The molecule has 1 aliphatic rings. The minimum atomic E-state index is -1.000. The standard InChI is InChI=1S/C18H25FN2O5/c1-18(2,3)26-17(23)21(4)14(16(22)24-5)9-11-8-12(19)10-20-15(11)25-13-6-7-13/h8,10,13-14H,6-7,9H2,1-5H3/t14-/m0/s1. The number of pyridine rings is 1. The number of aromatic nitrogens is 1. The highest BCUT2D eigenvalue weighted by Gasteiger charge is 2.33. The van der Waals surface area contributed by atoms with Crippen LogP contribution in [0.2, 0.25) is 0 Å². The molecular weight excluding hydrogens is 343 g/mol. The highest BCUT2D eigenvalue weighted by molar-refractivity contribution is 5.81. The predicted molar refractivity (Wildman–Crippen MR) is 91.4 cm³/mol. The molecule has 1 aromatic heterocycles. The zero-order chi connectivity index (χ0) is 19.5. The normalized spacial score (nSPS) is 15.2. The third-order valence-corrected chi connectivity index (χ3v) is 3.73. The summed E-state index contributed by atoms with van der Waals surface area (Å²) >= 11 is 0. The lowest BCUT2D eigenvalue weighted by Crippen LogP contribution is -2.46. The molecule has 0 spiro atoms. The summed E-state index contributed by atoms with van der Waals surface area (Å²) in [7, 11) is 2.66. The third-order valence-electron chi connectivity index (χ3n) is 3.73. The Kier molecular flexibility index (Phi) is 6.05. The number of carbonyl (C=O) groups excluding carboxylic acids is 2. The lowest BCUT2D eigenvalue weighted by molar-refractivity contribution is -0.146. The fourth-order valence-corrected chi connectivity index (χ4v) is 2.25. The topological polar surface area (TPSA) is 78.0 Å². The first-order chi connectivity index (χ1) is 12.1. The van der Waals surface area contributed by atoms with Gasteiger partial charge in [-0.15, -0.1) is 0 Å². The third kappa shape index (κ3) is 5.57. The first-order valence-electron chi connectivity index (χ1n) is 8.45. The number of amides is 1. The Labute approximate surface area is 152 Å². The zero-order valence-corrected chi connectivity index (χ0v) is 15.7. The number of methoxy groups -OCH3 is 1. The minimum absolute atomic E-state index is 0.00473. The van der Waals surface area contributed by atoms with Crippen LogP contribution in [0.5, 0.6) is 5.88 Å². The van der Waals surface area contributed by atoms with Crippen LogP contribution in [0.1, 0.15) is 39.2 Å². The second kappa shape index (κ2) is 7.88. The summed E-state index contributed by atoms with van der Waals surface area (Å²) in [6.07, 6.45) is 2.27. The Morgan fingerprint density at radius 2 is 2.04 bits per heavy atom. The van der Waals surface area contributed by atoms with Gasteiger partial charge in [-0.2, -0.15) is 0 Å². The van der Waals surface area contributed by atoms with Gasteiger partial charge in [0.25, 0.3) is 0 Å². The van der Waals surface area contributed by atoms with Gasteiger partial charge < -0.3 is 14.2 Å². The number of hydrogen-bond acceptors (Lipinski definition) is 6. The summed E-state index contributed by atoms with van der Waals surface area (Å²) < 4.78 is 29.5.